The first-order chi connectivity index (χ1) is 12.7. The van der Waals surface area contributed by atoms with Crippen molar-refractivity contribution in [3.63, 3.8) is 0 Å². The molecule has 0 spiro atoms. The molecule has 3 heterocycles. The molecule has 1 aromatic rings. The molecule has 1 aromatic heterocycles. The second-order valence-corrected chi connectivity index (χ2v) is 7.03. The lowest BCUT2D eigenvalue weighted by Crippen LogP contribution is -2.51. The third kappa shape index (κ3) is 4.62. The molecule has 0 bridgehead atoms. The van der Waals surface area contributed by atoms with E-state index in [2.05, 4.69) is 15.4 Å². The minimum Gasteiger partial charge on any atom is -0.383 e. The Balaban J connectivity index is 1.46. The Bertz CT molecular complexity index is 584. The van der Waals surface area contributed by atoms with E-state index >= 15 is 0 Å². The van der Waals surface area contributed by atoms with Crippen LogP contribution in [-0.4, -0.2) is 79.3 Å². The first kappa shape index (κ1) is 18.8. The molecule has 2 aliphatic rings. The summed E-state index contributed by atoms with van der Waals surface area (Å²) in [5.41, 5.74) is 0.370. The van der Waals surface area contributed by atoms with Crippen LogP contribution in [0.25, 0.3) is 0 Å². The summed E-state index contributed by atoms with van der Waals surface area (Å²) >= 11 is 0. The van der Waals surface area contributed by atoms with E-state index < -0.39 is 0 Å². The molecule has 1 N–H and O–H groups in total. The predicted molar refractivity (Wildman–Crippen MR) is 94.6 cm³/mol. The van der Waals surface area contributed by atoms with Crippen LogP contribution in [0.3, 0.4) is 0 Å². The van der Waals surface area contributed by atoms with Gasteiger partial charge in [0.1, 0.15) is 6.26 Å². The first-order valence-corrected chi connectivity index (χ1v) is 9.39. The fourth-order valence-electron chi connectivity index (χ4n) is 3.89. The molecule has 144 valence electrons. The summed E-state index contributed by atoms with van der Waals surface area (Å²) in [6.07, 6.45) is 5.27. The average Bonchev–Trinajstić information content (AvgIpc) is 3.22. The van der Waals surface area contributed by atoms with Gasteiger partial charge in [-0.05, 0) is 32.2 Å². The molecule has 26 heavy (non-hydrogen) atoms. The molecule has 8 heteroatoms. The number of rotatable bonds is 6. The normalized spacial score (nSPS) is 22.3. The number of likely N-dealkylation sites (tertiary alicyclic amines) is 2. The number of ether oxygens (including phenoxy) is 1. The van der Waals surface area contributed by atoms with Gasteiger partial charge in [0, 0.05) is 45.4 Å². The third-order valence-corrected chi connectivity index (χ3v) is 5.35. The van der Waals surface area contributed by atoms with E-state index in [-0.39, 0.29) is 17.7 Å². The second kappa shape index (κ2) is 9.14. The molecular weight excluding hydrogens is 336 g/mol. The summed E-state index contributed by atoms with van der Waals surface area (Å²) in [4.78, 5) is 28.9. The van der Waals surface area contributed by atoms with Crippen LogP contribution in [0.2, 0.25) is 0 Å². The van der Waals surface area contributed by atoms with E-state index in [9.17, 15) is 9.59 Å². The third-order valence-electron chi connectivity index (χ3n) is 5.35. The van der Waals surface area contributed by atoms with Gasteiger partial charge >= 0.3 is 0 Å². The Morgan fingerprint density at radius 1 is 1.31 bits per heavy atom. The lowest BCUT2D eigenvalue weighted by Gasteiger charge is -2.41. The Morgan fingerprint density at radius 2 is 2.12 bits per heavy atom. The smallest absolute Gasteiger partial charge is 0.276 e. The van der Waals surface area contributed by atoms with Crippen LogP contribution in [0.15, 0.2) is 16.9 Å². The van der Waals surface area contributed by atoms with Crippen LogP contribution in [0.1, 0.15) is 36.2 Å². The molecule has 2 aliphatic heterocycles. The SMILES string of the molecule is COCCNC(=O)C1CCCN(C2CCN(C(=O)c3ccon3)CC2)C1. The number of aromatic nitrogens is 1. The zero-order valence-corrected chi connectivity index (χ0v) is 15.4. The maximum atomic E-state index is 12.3. The van der Waals surface area contributed by atoms with Crippen molar-refractivity contribution in [1.29, 1.82) is 0 Å². The van der Waals surface area contributed by atoms with Crippen LogP contribution in [-0.2, 0) is 9.53 Å². The highest BCUT2D eigenvalue weighted by molar-refractivity contribution is 5.92. The quantitative estimate of drug-likeness (QED) is 0.750. The van der Waals surface area contributed by atoms with Gasteiger partial charge in [-0.2, -0.15) is 0 Å². The number of carbonyl (C=O) groups is 2. The summed E-state index contributed by atoms with van der Waals surface area (Å²) in [7, 11) is 1.63. The van der Waals surface area contributed by atoms with Crippen molar-refractivity contribution in [3.8, 4) is 0 Å². The van der Waals surface area contributed by atoms with Crippen LogP contribution >= 0.6 is 0 Å². The van der Waals surface area contributed by atoms with E-state index in [4.69, 9.17) is 9.26 Å². The van der Waals surface area contributed by atoms with Crippen molar-refractivity contribution in [2.45, 2.75) is 31.7 Å². The van der Waals surface area contributed by atoms with Crippen LogP contribution in [0, 0.1) is 5.92 Å². The zero-order chi connectivity index (χ0) is 18.4. The Kier molecular flexibility index (Phi) is 6.62. The van der Waals surface area contributed by atoms with E-state index in [1.165, 1.54) is 6.26 Å². The molecule has 0 saturated carbocycles. The molecule has 3 rings (SSSR count). The van der Waals surface area contributed by atoms with Gasteiger partial charge in [0.25, 0.3) is 5.91 Å². The standard InChI is InChI=1S/C18H28N4O4/c1-25-12-7-19-17(23)14-3-2-8-22(13-14)15-4-9-21(10-5-15)18(24)16-6-11-26-20-16/h6,11,14-15H,2-5,7-10,12-13H2,1H3,(H,19,23). The first-order valence-electron chi connectivity index (χ1n) is 9.39. The van der Waals surface area contributed by atoms with Gasteiger partial charge in [-0.15, -0.1) is 0 Å². The minimum absolute atomic E-state index is 0.0513. The highest BCUT2D eigenvalue weighted by Crippen LogP contribution is 2.24. The highest BCUT2D eigenvalue weighted by Gasteiger charge is 2.32. The predicted octanol–water partition coefficient (Wildman–Crippen LogP) is 0.754. The number of nitrogens with one attached hydrogen (secondary N) is 1. The largest absolute Gasteiger partial charge is 0.383 e. The summed E-state index contributed by atoms with van der Waals surface area (Å²) < 4.78 is 9.74. The topological polar surface area (TPSA) is 87.9 Å². The van der Waals surface area contributed by atoms with Crippen molar-refractivity contribution in [2.24, 2.45) is 5.92 Å². The molecule has 0 aromatic carbocycles. The van der Waals surface area contributed by atoms with Gasteiger partial charge in [0.05, 0.1) is 12.5 Å². The molecule has 2 fully saturated rings. The number of hydrogen-bond acceptors (Lipinski definition) is 6. The van der Waals surface area contributed by atoms with E-state index in [1.807, 2.05) is 4.90 Å². The molecule has 1 unspecified atom stereocenters. The Morgan fingerprint density at radius 3 is 2.81 bits per heavy atom. The number of hydrogen-bond donors (Lipinski definition) is 1. The second-order valence-electron chi connectivity index (χ2n) is 7.03. The number of nitrogens with zero attached hydrogens (tertiary/aromatic N) is 3. The van der Waals surface area contributed by atoms with Crippen molar-refractivity contribution < 1.29 is 18.8 Å². The Hall–Kier alpha value is -1.93. The summed E-state index contributed by atoms with van der Waals surface area (Å²) in [6.45, 7) is 4.38. The van der Waals surface area contributed by atoms with Gasteiger partial charge in [0.2, 0.25) is 5.91 Å². The lowest BCUT2D eigenvalue weighted by atomic mass is 9.93. The van der Waals surface area contributed by atoms with Gasteiger partial charge < -0.3 is 19.5 Å². The van der Waals surface area contributed by atoms with Gasteiger partial charge in [-0.25, -0.2) is 0 Å². The van der Waals surface area contributed by atoms with Crippen molar-refractivity contribution in [3.05, 3.63) is 18.0 Å². The van der Waals surface area contributed by atoms with Crippen molar-refractivity contribution >= 4 is 11.8 Å². The summed E-state index contributed by atoms with van der Waals surface area (Å²) in [6, 6.07) is 2.04. The zero-order valence-electron chi connectivity index (χ0n) is 15.4. The van der Waals surface area contributed by atoms with Crippen LogP contribution in [0.5, 0.6) is 0 Å². The average molecular weight is 364 g/mol. The number of amides is 2. The monoisotopic (exact) mass is 364 g/mol. The number of methoxy groups -OCH3 is 1. The van der Waals surface area contributed by atoms with E-state index in [1.54, 1.807) is 13.2 Å². The summed E-state index contributed by atoms with van der Waals surface area (Å²) in [5.74, 6) is 0.118. The van der Waals surface area contributed by atoms with Crippen LogP contribution in [0.4, 0.5) is 0 Å². The minimum atomic E-state index is -0.0637. The van der Waals surface area contributed by atoms with Crippen molar-refractivity contribution in [2.75, 3.05) is 46.4 Å². The molecule has 0 aliphatic carbocycles. The Labute approximate surface area is 153 Å². The fourth-order valence-corrected chi connectivity index (χ4v) is 3.89. The molecule has 2 saturated heterocycles. The molecule has 1 atom stereocenters. The maximum Gasteiger partial charge on any atom is 0.276 e. The molecule has 2 amide bonds. The van der Waals surface area contributed by atoms with E-state index in [0.29, 0.717) is 24.9 Å². The fraction of sp³-hybridized carbons (Fsp3) is 0.722. The van der Waals surface area contributed by atoms with Crippen molar-refractivity contribution in [1.82, 2.24) is 20.3 Å². The van der Waals surface area contributed by atoms with Gasteiger partial charge in [-0.3, -0.25) is 14.5 Å². The van der Waals surface area contributed by atoms with Gasteiger partial charge in [0.15, 0.2) is 5.69 Å². The highest BCUT2D eigenvalue weighted by atomic mass is 16.5. The van der Waals surface area contributed by atoms with Crippen LogP contribution < -0.4 is 5.32 Å². The summed E-state index contributed by atoms with van der Waals surface area (Å²) in [5, 5.41) is 6.69. The number of carbonyl (C=O) groups excluding carboxylic acids is 2. The lowest BCUT2D eigenvalue weighted by molar-refractivity contribution is -0.127. The number of piperidine rings is 2. The molecule has 0 radical (unpaired) electrons. The molecular formula is C18H28N4O4. The van der Waals surface area contributed by atoms with Gasteiger partial charge in [-0.1, -0.05) is 5.16 Å². The van der Waals surface area contributed by atoms with E-state index in [0.717, 1.165) is 51.9 Å². The molecule has 8 nitrogen and oxygen atoms in total. The maximum absolute atomic E-state index is 12.3.